The molecule has 2 heterocycles. The standard InChI is InChI=1S/C11H17N3/c1-14-6-4-9(7-12)11(14)10-3-2-5-13-8-10/h2-3,5,8-9,11H,4,6-7,12H2,1H3/t9-,11+/m0/s1. The quantitative estimate of drug-likeness (QED) is 0.759. The van der Waals surface area contributed by atoms with Crippen molar-refractivity contribution in [1.29, 1.82) is 0 Å². The summed E-state index contributed by atoms with van der Waals surface area (Å²) in [7, 11) is 2.16. The van der Waals surface area contributed by atoms with Crippen LogP contribution in [0.25, 0.3) is 0 Å². The fourth-order valence-corrected chi connectivity index (χ4v) is 2.35. The molecule has 0 aromatic carbocycles. The van der Waals surface area contributed by atoms with Crippen LogP contribution >= 0.6 is 0 Å². The maximum Gasteiger partial charge on any atom is 0.0400 e. The van der Waals surface area contributed by atoms with Crippen LogP contribution < -0.4 is 5.73 Å². The first-order valence-corrected chi connectivity index (χ1v) is 5.13. The molecule has 3 heteroatoms. The average molecular weight is 191 g/mol. The van der Waals surface area contributed by atoms with E-state index in [1.54, 1.807) is 0 Å². The van der Waals surface area contributed by atoms with Crippen LogP contribution in [0.3, 0.4) is 0 Å². The highest BCUT2D eigenvalue weighted by Crippen LogP contribution is 2.34. The third-order valence-electron chi connectivity index (χ3n) is 3.10. The van der Waals surface area contributed by atoms with Crippen LogP contribution in [-0.4, -0.2) is 30.0 Å². The number of rotatable bonds is 2. The number of nitrogens with zero attached hydrogens (tertiary/aromatic N) is 2. The molecule has 1 aliphatic rings. The average Bonchev–Trinajstić information content (AvgIpc) is 2.61. The smallest absolute Gasteiger partial charge is 0.0400 e. The topological polar surface area (TPSA) is 42.1 Å². The molecule has 0 radical (unpaired) electrons. The van der Waals surface area contributed by atoms with Crippen LogP contribution in [0, 0.1) is 5.92 Å². The van der Waals surface area contributed by atoms with Crippen LogP contribution in [0.4, 0.5) is 0 Å². The summed E-state index contributed by atoms with van der Waals surface area (Å²) in [5.74, 6) is 0.587. The number of nitrogens with two attached hydrogens (primary N) is 1. The summed E-state index contributed by atoms with van der Waals surface area (Å²) in [6.45, 7) is 1.91. The first-order valence-electron chi connectivity index (χ1n) is 5.13. The maximum atomic E-state index is 5.78. The van der Waals surface area contributed by atoms with E-state index >= 15 is 0 Å². The van der Waals surface area contributed by atoms with Crippen molar-refractivity contribution in [3.05, 3.63) is 30.1 Å². The predicted octanol–water partition coefficient (Wildman–Crippen LogP) is 1.03. The van der Waals surface area contributed by atoms with Gasteiger partial charge in [0.2, 0.25) is 0 Å². The van der Waals surface area contributed by atoms with Gasteiger partial charge in [-0.05, 0) is 44.1 Å². The largest absolute Gasteiger partial charge is 0.330 e. The number of hydrogen-bond acceptors (Lipinski definition) is 3. The molecule has 1 aromatic rings. The number of likely N-dealkylation sites (tertiary alicyclic amines) is 1. The molecule has 76 valence electrons. The minimum atomic E-state index is 0.466. The van der Waals surface area contributed by atoms with Crippen molar-refractivity contribution in [3.63, 3.8) is 0 Å². The number of hydrogen-bond donors (Lipinski definition) is 1. The van der Waals surface area contributed by atoms with E-state index < -0.39 is 0 Å². The summed E-state index contributed by atoms with van der Waals surface area (Å²) in [6, 6.07) is 4.60. The van der Waals surface area contributed by atoms with Gasteiger partial charge in [-0.25, -0.2) is 0 Å². The Morgan fingerprint density at radius 1 is 1.64 bits per heavy atom. The van der Waals surface area contributed by atoms with Gasteiger partial charge in [0.15, 0.2) is 0 Å². The van der Waals surface area contributed by atoms with E-state index in [-0.39, 0.29) is 0 Å². The second-order valence-corrected chi connectivity index (χ2v) is 4.00. The highest BCUT2D eigenvalue weighted by Gasteiger charge is 2.31. The summed E-state index contributed by atoms with van der Waals surface area (Å²) in [5, 5.41) is 0. The van der Waals surface area contributed by atoms with Crippen LogP contribution in [0.2, 0.25) is 0 Å². The van der Waals surface area contributed by atoms with E-state index in [0.717, 1.165) is 13.1 Å². The van der Waals surface area contributed by atoms with Crippen molar-refractivity contribution in [2.24, 2.45) is 11.7 Å². The third kappa shape index (κ3) is 1.65. The molecule has 0 amide bonds. The molecular formula is C11H17N3. The zero-order chi connectivity index (χ0) is 9.97. The highest BCUT2D eigenvalue weighted by atomic mass is 15.2. The molecule has 0 bridgehead atoms. The Balaban J connectivity index is 2.23. The number of aromatic nitrogens is 1. The second kappa shape index (κ2) is 4.07. The highest BCUT2D eigenvalue weighted by molar-refractivity contribution is 5.16. The first kappa shape index (κ1) is 9.62. The van der Waals surface area contributed by atoms with Crippen LogP contribution in [-0.2, 0) is 0 Å². The van der Waals surface area contributed by atoms with Gasteiger partial charge < -0.3 is 5.73 Å². The second-order valence-electron chi connectivity index (χ2n) is 4.00. The summed E-state index contributed by atoms with van der Waals surface area (Å²) in [5.41, 5.74) is 7.07. The van der Waals surface area contributed by atoms with Gasteiger partial charge in [-0.15, -0.1) is 0 Å². The summed E-state index contributed by atoms with van der Waals surface area (Å²) in [4.78, 5) is 6.53. The Kier molecular flexibility index (Phi) is 2.79. The van der Waals surface area contributed by atoms with Gasteiger partial charge >= 0.3 is 0 Å². The van der Waals surface area contributed by atoms with Crippen molar-refractivity contribution >= 4 is 0 Å². The molecule has 2 N–H and O–H groups in total. The molecular weight excluding hydrogens is 174 g/mol. The molecule has 14 heavy (non-hydrogen) atoms. The van der Waals surface area contributed by atoms with Crippen LogP contribution in [0.15, 0.2) is 24.5 Å². The zero-order valence-electron chi connectivity index (χ0n) is 8.56. The Morgan fingerprint density at radius 3 is 3.14 bits per heavy atom. The molecule has 0 aliphatic carbocycles. The van der Waals surface area contributed by atoms with E-state index in [9.17, 15) is 0 Å². The van der Waals surface area contributed by atoms with Gasteiger partial charge in [0.05, 0.1) is 0 Å². The fraction of sp³-hybridized carbons (Fsp3) is 0.545. The van der Waals surface area contributed by atoms with E-state index in [0.29, 0.717) is 12.0 Å². The lowest BCUT2D eigenvalue weighted by Gasteiger charge is -2.24. The molecule has 3 nitrogen and oxygen atoms in total. The maximum absolute atomic E-state index is 5.78. The van der Waals surface area contributed by atoms with Gasteiger partial charge in [-0.1, -0.05) is 6.07 Å². The van der Waals surface area contributed by atoms with E-state index in [2.05, 4.69) is 23.0 Å². The molecule has 1 aliphatic heterocycles. The van der Waals surface area contributed by atoms with E-state index in [1.807, 2.05) is 18.5 Å². The SMILES string of the molecule is CN1CC[C@@H](CN)[C@@H]1c1cccnc1. The minimum Gasteiger partial charge on any atom is -0.330 e. The first-order chi connectivity index (χ1) is 6.83. The van der Waals surface area contributed by atoms with Gasteiger partial charge in [-0.3, -0.25) is 9.88 Å². The van der Waals surface area contributed by atoms with Crippen molar-refractivity contribution < 1.29 is 0 Å². The monoisotopic (exact) mass is 191 g/mol. The van der Waals surface area contributed by atoms with Gasteiger partial charge in [0.1, 0.15) is 0 Å². The normalized spacial score (nSPS) is 28.1. The van der Waals surface area contributed by atoms with Crippen molar-refractivity contribution in [3.8, 4) is 0 Å². The molecule has 0 unspecified atom stereocenters. The van der Waals surface area contributed by atoms with E-state index in [4.69, 9.17) is 5.73 Å². The van der Waals surface area contributed by atoms with Crippen molar-refractivity contribution in [2.45, 2.75) is 12.5 Å². The summed E-state index contributed by atoms with van der Waals surface area (Å²) >= 11 is 0. The van der Waals surface area contributed by atoms with Crippen LogP contribution in [0.1, 0.15) is 18.0 Å². The van der Waals surface area contributed by atoms with Crippen molar-refractivity contribution in [1.82, 2.24) is 9.88 Å². The molecule has 2 atom stereocenters. The third-order valence-corrected chi connectivity index (χ3v) is 3.10. The Bertz CT molecular complexity index is 286. The van der Waals surface area contributed by atoms with Gasteiger partial charge in [0, 0.05) is 18.4 Å². The molecule has 1 fully saturated rings. The molecule has 0 saturated carbocycles. The Morgan fingerprint density at radius 2 is 2.50 bits per heavy atom. The predicted molar refractivity (Wildman–Crippen MR) is 56.8 cm³/mol. The fourth-order valence-electron chi connectivity index (χ4n) is 2.35. The molecule has 0 spiro atoms. The summed E-state index contributed by atoms with van der Waals surface area (Å²) in [6.07, 6.45) is 4.97. The Hall–Kier alpha value is -0.930. The Labute approximate surface area is 84.9 Å². The molecule has 2 rings (SSSR count). The van der Waals surface area contributed by atoms with Gasteiger partial charge in [-0.2, -0.15) is 0 Å². The summed E-state index contributed by atoms with van der Waals surface area (Å²) < 4.78 is 0. The zero-order valence-corrected chi connectivity index (χ0v) is 8.56. The van der Waals surface area contributed by atoms with E-state index in [1.165, 1.54) is 12.0 Å². The lowest BCUT2D eigenvalue weighted by molar-refractivity contribution is 0.279. The minimum absolute atomic E-state index is 0.466. The lowest BCUT2D eigenvalue weighted by atomic mass is 9.95. The van der Waals surface area contributed by atoms with Gasteiger partial charge in [0.25, 0.3) is 0 Å². The number of pyridine rings is 1. The van der Waals surface area contributed by atoms with Crippen LogP contribution in [0.5, 0.6) is 0 Å². The molecule has 1 saturated heterocycles. The molecule has 1 aromatic heterocycles. The van der Waals surface area contributed by atoms with Crippen molar-refractivity contribution in [2.75, 3.05) is 20.1 Å². The lowest BCUT2D eigenvalue weighted by Crippen LogP contribution is -2.25.